The number of nitrogens with two attached hydrogens (primary N) is 1. The lowest BCUT2D eigenvalue weighted by molar-refractivity contribution is -0.121. The predicted octanol–water partition coefficient (Wildman–Crippen LogP) is 0.967. The Balaban J connectivity index is 2.12. The van der Waals surface area contributed by atoms with Crippen molar-refractivity contribution >= 4 is 33.0 Å². The first kappa shape index (κ1) is 14.0. The molecule has 0 aliphatic rings. The molecule has 0 fully saturated rings. The summed E-state index contributed by atoms with van der Waals surface area (Å²) in [6.45, 7) is 3.43. The van der Waals surface area contributed by atoms with Crippen LogP contribution in [-0.4, -0.2) is 33.5 Å². The highest BCUT2D eigenvalue weighted by Gasteiger charge is 2.10. The van der Waals surface area contributed by atoms with E-state index in [9.17, 15) is 4.79 Å². The van der Waals surface area contributed by atoms with Gasteiger partial charge in [-0.15, -0.1) is 0 Å². The first-order valence-corrected chi connectivity index (χ1v) is 6.86. The van der Waals surface area contributed by atoms with Crippen LogP contribution in [0.2, 0.25) is 0 Å². The summed E-state index contributed by atoms with van der Waals surface area (Å²) in [5, 5.41) is 2.75. The number of rotatable bonds is 5. The van der Waals surface area contributed by atoms with Crippen molar-refractivity contribution in [3.63, 3.8) is 0 Å². The Morgan fingerprint density at radius 1 is 1.58 bits per heavy atom. The van der Waals surface area contributed by atoms with Gasteiger partial charge in [-0.1, -0.05) is 0 Å². The molecule has 0 saturated heterocycles. The Kier molecular flexibility index (Phi) is 4.49. The molecule has 102 valence electrons. The van der Waals surface area contributed by atoms with Crippen LogP contribution in [0.15, 0.2) is 16.7 Å². The number of halogens is 1. The minimum atomic E-state index is -0.0104. The van der Waals surface area contributed by atoms with Crippen LogP contribution in [0.25, 0.3) is 11.2 Å². The Bertz CT molecular complexity index is 595. The van der Waals surface area contributed by atoms with Crippen molar-refractivity contribution in [3.05, 3.63) is 22.6 Å². The molecule has 0 aromatic carbocycles. The quantitative estimate of drug-likeness (QED) is 0.857. The summed E-state index contributed by atoms with van der Waals surface area (Å²) in [4.78, 5) is 20.3. The van der Waals surface area contributed by atoms with E-state index in [2.05, 4.69) is 31.2 Å². The molecule has 2 heterocycles. The van der Waals surface area contributed by atoms with Crippen LogP contribution >= 0.6 is 15.9 Å². The number of nitrogens with zero attached hydrogens (tertiary/aromatic N) is 3. The molecule has 6 nitrogen and oxygen atoms in total. The van der Waals surface area contributed by atoms with Gasteiger partial charge in [-0.05, 0) is 28.9 Å². The molecule has 1 amide bonds. The molecule has 0 atom stereocenters. The lowest BCUT2D eigenvalue weighted by Crippen LogP contribution is -2.29. The van der Waals surface area contributed by atoms with E-state index >= 15 is 0 Å². The molecule has 19 heavy (non-hydrogen) atoms. The molecule has 2 aromatic rings. The van der Waals surface area contributed by atoms with E-state index in [4.69, 9.17) is 5.73 Å². The van der Waals surface area contributed by atoms with Crippen molar-refractivity contribution in [3.8, 4) is 0 Å². The van der Waals surface area contributed by atoms with Gasteiger partial charge in [0.05, 0.1) is 0 Å². The SMILES string of the molecule is Cc1nc2cc(Br)cnc2n1CCC(=O)NCCN. The van der Waals surface area contributed by atoms with Crippen molar-refractivity contribution < 1.29 is 4.79 Å². The second-order valence-corrected chi connectivity index (χ2v) is 5.11. The number of imidazole rings is 1. The molecule has 0 aliphatic heterocycles. The molecule has 0 saturated carbocycles. The largest absolute Gasteiger partial charge is 0.355 e. The zero-order chi connectivity index (χ0) is 13.8. The number of pyridine rings is 1. The highest BCUT2D eigenvalue weighted by molar-refractivity contribution is 9.10. The Morgan fingerprint density at radius 3 is 3.11 bits per heavy atom. The third-order valence-electron chi connectivity index (χ3n) is 2.77. The van der Waals surface area contributed by atoms with Gasteiger partial charge in [-0.25, -0.2) is 9.97 Å². The van der Waals surface area contributed by atoms with Crippen LogP contribution in [-0.2, 0) is 11.3 Å². The summed E-state index contributed by atoms with van der Waals surface area (Å²) in [6, 6.07) is 1.92. The minimum Gasteiger partial charge on any atom is -0.355 e. The summed E-state index contributed by atoms with van der Waals surface area (Å²) in [6.07, 6.45) is 2.12. The second-order valence-electron chi connectivity index (χ2n) is 4.20. The molecule has 2 rings (SSSR count). The van der Waals surface area contributed by atoms with Crippen LogP contribution in [0.5, 0.6) is 0 Å². The maximum absolute atomic E-state index is 11.6. The average Bonchev–Trinajstić information content (AvgIpc) is 2.68. The zero-order valence-corrected chi connectivity index (χ0v) is 12.3. The third-order valence-corrected chi connectivity index (χ3v) is 3.21. The van der Waals surface area contributed by atoms with Crippen molar-refractivity contribution in [1.82, 2.24) is 19.9 Å². The fourth-order valence-corrected chi connectivity index (χ4v) is 2.20. The standard InChI is InChI=1S/C12H16BrN5O/c1-8-17-10-6-9(13)7-16-12(10)18(8)5-2-11(19)15-4-3-14/h6-7H,2-5,14H2,1H3,(H,15,19). The molecule has 0 unspecified atom stereocenters. The van der Waals surface area contributed by atoms with Gasteiger partial charge in [0.25, 0.3) is 0 Å². The van der Waals surface area contributed by atoms with Gasteiger partial charge in [-0.3, -0.25) is 4.79 Å². The number of carbonyl (C=O) groups excluding carboxylic acids is 1. The maximum atomic E-state index is 11.6. The Morgan fingerprint density at radius 2 is 2.37 bits per heavy atom. The third kappa shape index (κ3) is 3.30. The van der Waals surface area contributed by atoms with Crippen molar-refractivity contribution in [2.75, 3.05) is 13.1 Å². The van der Waals surface area contributed by atoms with Gasteiger partial charge < -0.3 is 15.6 Å². The van der Waals surface area contributed by atoms with E-state index in [0.29, 0.717) is 26.1 Å². The fraction of sp³-hybridized carbons (Fsp3) is 0.417. The number of hydrogen-bond acceptors (Lipinski definition) is 4. The molecule has 0 spiro atoms. The maximum Gasteiger partial charge on any atom is 0.221 e. The lowest BCUT2D eigenvalue weighted by atomic mass is 10.3. The number of amides is 1. The highest BCUT2D eigenvalue weighted by Crippen LogP contribution is 2.18. The first-order valence-electron chi connectivity index (χ1n) is 6.07. The molecular weight excluding hydrogens is 310 g/mol. The van der Waals surface area contributed by atoms with Gasteiger partial charge in [0.2, 0.25) is 5.91 Å². The lowest BCUT2D eigenvalue weighted by Gasteiger charge is -2.06. The summed E-state index contributed by atoms with van der Waals surface area (Å²) in [7, 11) is 0. The number of aryl methyl sites for hydroxylation is 2. The molecule has 0 aliphatic carbocycles. The minimum absolute atomic E-state index is 0.0104. The van der Waals surface area contributed by atoms with E-state index in [-0.39, 0.29) is 5.91 Å². The summed E-state index contributed by atoms with van der Waals surface area (Å²) in [5.74, 6) is 0.844. The van der Waals surface area contributed by atoms with Gasteiger partial charge in [0, 0.05) is 36.7 Å². The van der Waals surface area contributed by atoms with Gasteiger partial charge in [0.1, 0.15) is 11.3 Å². The number of nitrogens with one attached hydrogen (secondary N) is 1. The van der Waals surface area contributed by atoms with Crippen LogP contribution in [0.4, 0.5) is 0 Å². The topological polar surface area (TPSA) is 85.8 Å². The fourth-order valence-electron chi connectivity index (χ4n) is 1.88. The van der Waals surface area contributed by atoms with Crippen molar-refractivity contribution in [2.45, 2.75) is 19.9 Å². The molecule has 7 heteroatoms. The van der Waals surface area contributed by atoms with Crippen molar-refractivity contribution in [1.29, 1.82) is 0 Å². The zero-order valence-electron chi connectivity index (χ0n) is 10.7. The Hall–Kier alpha value is -1.47. The number of fused-ring (bicyclic) bond motifs is 1. The van der Waals surface area contributed by atoms with E-state index in [0.717, 1.165) is 21.5 Å². The van der Waals surface area contributed by atoms with Crippen LogP contribution in [0, 0.1) is 6.92 Å². The van der Waals surface area contributed by atoms with Crippen LogP contribution in [0.1, 0.15) is 12.2 Å². The van der Waals surface area contributed by atoms with E-state index in [1.165, 1.54) is 0 Å². The second kappa shape index (κ2) is 6.12. The van der Waals surface area contributed by atoms with E-state index in [1.807, 2.05) is 17.6 Å². The molecule has 2 aromatic heterocycles. The highest BCUT2D eigenvalue weighted by atomic mass is 79.9. The smallest absolute Gasteiger partial charge is 0.221 e. The van der Waals surface area contributed by atoms with Gasteiger partial charge in [0.15, 0.2) is 5.65 Å². The normalized spacial score (nSPS) is 10.9. The number of carbonyl (C=O) groups is 1. The van der Waals surface area contributed by atoms with Gasteiger partial charge in [-0.2, -0.15) is 0 Å². The number of aromatic nitrogens is 3. The molecular formula is C12H16BrN5O. The first-order chi connectivity index (χ1) is 9.11. The summed E-state index contributed by atoms with van der Waals surface area (Å²) in [5.41, 5.74) is 6.96. The molecule has 3 N–H and O–H groups in total. The van der Waals surface area contributed by atoms with E-state index < -0.39 is 0 Å². The van der Waals surface area contributed by atoms with Crippen LogP contribution in [0.3, 0.4) is 0 Å². The summed E-state index contributed by atoms with van der Waals surface area (Å²) >= 11 is 3.37. The predicted molar refractivity (Wildman–Crippen MR) is 76.6 cm³/mol. The average molecular weight is 326 g/mol. The van der Waals surface area contributed by atoms with Crippen molar-refractivity contribution in [2.24, 2.45) is 5.73 Å². The van der Waals surface area contributed by atoms with Crippen LogP contribution < -0.4 is 11.1 Å². The number of hydrogen-bond donors (Lipinski definition) is 2. The van der Waals surface area contributed by atoms with E-state index in [1.54, 1.807) is 6.20 Å². The summed E-state index contributed by atoms with van der Waals surface area (Å²) < 4.78 is 2.84. The van der Waals surface area contributed by atoms with Gasteiger partial charge >= 0.3 is 0 Å². The monoisotopic (exact) mass is 325 g/mol. The molecule has 0 bridgehead atoms. The molecule has 0 radical (unpaired) electrons. The Labute approximate surface area is 119 Å².